The number of likely N-dealkylation sites (tertiary alicyclic amines) is 1. The third-order valence-corrected chi connectivity index (χ3v) is 5.23. The number of hydrogen-bond acceptors (Lipinski definition) is 3. The second-order valence-electron chi connectivity index (χ2n) is 7.44. The van der Waals surface area contributed by atoms with Gasteiger partial charge in [0, 0.05) is 39.4 Å². The van der Waals surface area contributed by atoms with Crippen molar-refractivity contribution in [3.8, 4) is 0 Å². The molecule has 2 rings (SSSR count). The Bertz CT molecular complexity index is 640. The van der Waals surface area contributed by atoms with Gasteiger partial charge in [0.25, 0.3) is 0 Å². The maximum Gasteiger partial charge on any atom is 0.416 e. The van der Waals surface area contributed by atoms with Gasteiger partial charge in [0.1, 0.15) is 0 Å². The maximum atomic E-state index is 12.9. The molecule has 172 valence electrons. The first kappa shape index (κ1) is 27.0. The number of benzene rings is 1. The number of nitrogens with one attached hydrogen (secondary N) is 2. The highest BCUT2D eigenvalue weighted by Gasteiger charge is 2.33. The zero-order chi connectivity index (χ0) is 21.3. The first-order chi connectivity index (χ1) is 13.9. The van der Waals surface area contributed by atoms with Crippen molar-refractivity contribution in [1.82, 2.24) is 15.5 Å². The fourth-order valence-electron chi connectivity index (χ4n) is 3.82. The molecule has 1 aliphatic rings. The molecule has 5 nitrogen and oxygen atoms in total. The first-order valence-corrected chi connectivity index (χ1v) is 10.2. The highest BCUT2D eigenvalue weighted by molar-refractivity contribution is 14.0. The molecule has 0 amide bonds. The van der Waals surface area contributed by atoms with Gasteiger partial charge in [-0.3, -0.25) is 9.89 Å². The molecule has 0 radical (unpaired) electrons. The molecule has 9 heteroatoms. The number of aliphatic imine (C=N–C) groups is 1. The predicted octanol–water partition coefficient (Wildman–Crippen LogP) is 4.30. The van der Waals surface area contributed by atoms with Crippen molar-refractivity contribution < 1.29 is 17.9 Å². The van der Waals surface area contributed by atoms with Crippen molar-refractivity contribution in [3.63, 3.8) is 0 Å². The zero-order valence-corrected chi connectivity index (χ0v) is 20.3. The average Bonchev–Trinajstić information content (AvgIpc) is 2.69. The van der Waals surface area contributed by atoms with E-state index in [1.165, 1.54) is 12.1 Å². The van der Waals surface area contributed by atoms with Crippen LogP contribution >= 0.6 is 24.0 Å². The Kier molecular flexibility index (Phi) is 12.0. The summed E-state index contributed by atoms with van der Waals surface area (Å²) in [5, 5.41) is 6.55. The van der Waals surface area contributed by atoms with Crippen LogP contribution in [0.15, 0.2) is 29.3 Å². The van der Waals surface area contributed by atoms with Gasteiger partial charge in [0.05, 0.1) is 5.56 Å². The minimum atomic E-state index is -4.31. The lowest BCUT2D eigenvalue weighted by Gasteiger charge is -2.39. The topological polar surface area (TPSA) is 48.9 Å². The molecule has 1 aromatic rings. The van der Waals surface area contributed by atoms with E-state index in [2.05, 4.69) is 15.5 Å². The van der Waals surface area contributed by atoms with Crippen LogP contribution in [0.4, 0.5) is 13.2 Å². The number of alkyl halides is 3. The van der Waals surface area contributed by atoms with Crippen molar-refractivity contribution in [3.05, 3.63) is 35.4 Å². The molecule has 2 unspecified atom stereocenters. The van der Waals surface area contributed by atoms with Crippen LogP contribution in [0.1, 0.15) is 43.4 Å². The van der Waals surface area contributed by atoms with Crippen LogP contribution in [0.3, 0.4) is 0 Å². The molecule has 1 saturated heterocycles. The fourth-order valence-corrected chi connectivity index (χ4v) is 3.82. The van der Waals surface area contributed by atoms with E-state index in [1.807, 2.05) is 14.0 Å². The lowest BCUT2D eigenvalue weighted by atomic mass is 9.84. The summed E-state index contributed by atoms with van der Waals surface area (Å²) in [4.78, 5) is 6.98. The monoisotopic (exact) mass is 542 g/mol. The van der Waals surface area contributed by atoms with Crippen LogP contribution < -0.4 is 10.6 Å². The smallest absolute Gasteiger partial charge is 0.385 e. The van der Waals surface area contributed by atoms with Crippen molar-refractivity contribution in [1.29, 1.82) is 0 Å². The summed E-state index contributed by atoms with van der Waals surface area (Å²) < 4.78 is 43.8. The molecule has 1 aromatic carbocycles. The van der Waals surface area contributed by atoms with Gasteiger partial charge in [-0.15, -0.1) is 24.0 Å². The summed E-state index contributed by atoms with van der Waals surface area (Å²) in [5.74, 6) is 1.02. The summed E-state index contributed by atoms with van der Waals surface area (Å²) in [6.07, 6.45) is -1.36. The van der Waals surface area contributed by atoms with E-state index < -0.39 is 11.7 Å². The number of guanidine groups is 1. The second kappa shape index (κ2) is 13.4. The van der Waals surface area contributed by atoms with Crippen LogP contribution in [0, 0.1) is 5.92 Å². The highest BCUT2D eigenvalue weighted by atomic mass is 127. The maximum absolute atomic E-state index is 12.9. The summed E-state index contributed by atoms with van der Waals surface area (Å²) in [6.45, 7) is 5.80. The summed E-state index contributed by atoms with van der Waals surface area (Å²) >= 11 is 0. The van der Waals surface area contributed by atoms with Crippen LogP contribution in [0.25, 0.3) is 0 Å². The van der Waals surface area contributed by atoms with E-state index in [4.69, 9.17) is 9.73 Å². The highest BCUT2D eigenvalue weighted by Crippen LogP contribution is 2.37. The number of nitrogens with zero attached hydrogens (tertiary/aromatic N) is 2. The minimum absolute atomic E-state index is 0. The summed E-state index contributed by atoms with van der Waals surface area (Å²) in [7, 11) is 3.71. The van der Waals surface area contributed by atoms with E-state index in [0.717, 1.165) is 50.4 Å². The van der Waals surface area contributed by atoms with Crippen LogP contribution in [-0.2, 0) is 10.9 Å². The number of rotatable bonds is 8. The third-order valence-electron chi connectivity index (χ3n) is 5.23. The molecule has 0 spiro atoms. The van der Waals surface area contributed by atoms with Gasteiger partial charge >= 0.3 is 6.18 Å². The van der Waals surface area contributed by atoms with Crippen LogP contribution in [0.2, 0.25) is 0 Å². The molecule has 1 heterocycles. The van der Waals surface area contributed by atoms with Crippen LogP contribution in [-0.4, -0.2) is 57.8 Å². The second-order valence-corrected chi connectivity index (χ2v) is 7.44. The van der Waals surface area contributed by atoms with Crippen molar-refractivity contribution >= 4 is 29.9 Å². The first-order valence-electron chi connectivity index (χ1n) is 10.2. The third kappa shape index (κ3) is 8.22. The number of methoxy groups -OCH3 is 1. The molecule has 1 fully saturated rings. The van der Waals surface area contributed by atoms with E-state index in [-0.39, 0.29) is 35.9 Å². The molecule has 2 N–H and O–H groups in total. The van der Waals surface area contributed by atoms with E-state index in [1.54, 1.807) is 19.2 Å². The number of hydrogen-bond donors (Lipinski definition) is 2. The minimum Gasteiger partial charge on any atom is -0.385 e. The summed E-state index contributed by atoms with van der Waals surface area (Å²) in [6, 6.07) is 5.64. The van der Waals surface area contributed by atoms with Gasteiger partial charge in [-0.1, -0.05) is 12.1 Å². The van der Waals surface area contributed by atoms with Crippen LogP contribution in [0.5, 0.6) is 0 Å². The molecule has 0 bridgehead atoms. The molecular formula is C21H34F3IN4O. The normalized spacial score (nSPS) is 20.5. The van der Waals surface area contributed by atoms with Gasteiger partial charge in [-0.25, -0.2) is 0 Å². The Balaban J connectivity index is 0.00000450. The molecule has 30 heavy (non-hydrogen) atoms. The number of piperidine rings is 1. The Labute approximate surface area is 194 Å². The standard InChI is InChI=1S/C21H33F3N4O.HI/c1-4-25-20(26-12-6-14-29-3)27-15-17-7-5-13-28(2)19(17)16-8-10-18(11-9-16)21(22,23)24;/h8-11,17,19H,4-7,12-15H2,1-3H3,(H2,25,26,27);1H. The average molecular weight is 542 g/mol. The number of halogens is 4. The Morgan fingerprint density at radius 1 is 1.23 bits per heavy atom. The van der Waals surface area contributed by atoms with Gasteiger partial charge in [-0.05, 0) is 63.4 Å². The van der Waals surface area contributed by atoms with Gasteiger partial charge < -0.3 is 15.4 Å². The number of ether oxygens (including phenoxy) is 1. The Hall–Kier alpha value is -1.07. The molecule has 0 aromatic heterocycles. The van der Waals surface area contributed by atoms with Gasteiger partial charge in [0.15, 0.2) is 5.96 Å². The fraction of sp³-hybridized carbons (Fsp3) is 0.667. The zero-order valence-electron chi connectivity index (χ0n) is 18.0. The van der Waals surface area contributed by atoms with E-state index in [9.17, 15) is 13.2 Å². The Morgan fingerprint density at radius 2 is 1.93 bits per heavy atom. The molecular weight excluding hydrogens is 508 g/mol. The lowest BCUT2D eigenvalue weighted by Crippen LogP contribution is -2.40. The van der Waals surface area contributed by atoms with Gasteiger partial charge in [0.2, 0.25) is 0 Å². The quantitative estimate of drug-likeness (QED) is 0.223. The van der Waals surface area contributed by atoms with Crippen molar-refractivity contribution in [2.45, 2.75) is 38.4 Å². The SMILES string of the molecule is CCNC(=NCC1CCCN(C)C1c1ccc(C(F)(F)F)cc1)NCCCOC.I. The lowest BCUT2D eigenvalue weighted by molar-refractivity contribution is -0.137. The summed E-state index contributed by atoms with van der Waals surface area (Å²) in [5.41, 5.74) is 0.308. The predicted molar refractivity (Wildman–Crippen MR) is 125 cm³/mol. The van der Waals surface area contributed by atoms with Gasteiger partial charge in [-0.2, -0.15) is 13.2 Å². The van der Waals surface area contributed by atoms with Crippen molar-refractivity contribution in [2.75, 3.05) is 46.9 Å². The van der Waals surface area contributed by atoms with E-state index in [0.29, 0.717) is 13.2 Å². The molecule has 2 atom stereocenters. The molecule has 0 aliphatic carbocycles. The Morgan fingerprint density at radius 3 is 2.53 bits per heavy atom. The van der Waals surface area contributed by atoms with Crippen molar-refractivity contribution in [2.24, 2.45) is 10.9 Å². The largest absolute Gasteiger partial charge is 0.416 e. The van der Waals surface area contributed by atoms with E-state index >= 15 is 0 Å². The molecule has 1 aliphatic heterocycles. The molecule has 0 saturated carbocycles.